The average molecular weight is 511 g/mol. The molecule has 0 atom stereocenters. The zero-order valence-corrected chi connectivity index (χ0v) is 19.1. The average Bonchev–Trinajstić information content (AvgIpc) is 2.78. The van der Waals surface area contributed by atoms with Crippen LogP contribution in [0.4, 0.5) is 8.78 Å². The number of hydrogen-bond acceptors (Lipinski definition) is 7. The molecule has 0 saturated heterocycles. The lowest BCUT2D eigenvalue weighted by Gasteiger charge is -2.13. The van der Waals surface area contributed by atoms with Crippen molar-refractivity contribution < 1.29 is 23.0 Å². The summed E-state index contributed by atoms with van der Waals surface area (Å²) in [5.74, 6) is -1.03. The highest BCUT2D eigenvalue weighted by Gasteiger charge is 2.16. The molecule has 0 radical (unpaired) electrons. The smallest absolute Gasteiger partial charge is 0.272 e. The van der Waals surface area contributed by atoms with Crippen LogP contribution in [0.25, 0.3) is 0 Å². The van der Waals surface area contributed by atoms with Crippen LogP contribution in [0.1, 0.15) is 22.8 Å². The molecule has 0 aliphatic rings. The molecule has 3 rings (SSSR count). The van der Waals surface area contributed by atoms with Crippen LogP contribution >= 0.6 is 15.9 Å². The van der Waals surface area contributed by atoms with Crippen LogP contribution in [0, 0.1) is 18.6 Å². The van der Waals surface area contributed by atoms with Crippen molar-refractivity contribution in [2.24, 2.45) is 0 Å². The Hall–Kier alpha value is -2.76. The van der Waals surface area contributed by atoms with Crippen LogP contribution in [0.15, 0.2) is 39.9 Å². The molecule has 3 aromatic rings. The van der Waals surface area contributed by atoms with E-state index in [2.05, 4.69) is 30.9 Å². The maximum Gasteiger partial charge on any atom is 0.272 e. The summed E-state index contributed by atoms with van der Waals surface area (Å²) in [6.07, 6.45) is 3.15. The van der Waals surface area contributed by atoms with E-state index in [1.807, 2.05) is 0 Å². The summed E-state index contributed by atoms with van der Waals surface area (Å²) in [6.45, 7) is 2.85. The number of benzene rings is 1. The van der Waals surface area contributed by atoms with Crippen LogP contribution in [0.5, 0.6) is 5.88 Å². The predicted molar refractivity (Wildman–Crippen MR) is 114 cm³/mol. The monoisotopic (exact) mass is 510 g/mol. The van der Waals surface area contributed by atoms with Crippen molar-refractivity contribution in [1.29, 1.82) is 0 Å². The van der Waals surface area contributed by atoms with Crippen LogP contribution in [0.3, 0.4) is 0 Å². The minimum atomic E-state index is -0.739. The van der Waals surface area contributed by atoms with Gasteiger partial charge in [-0.2, -0.15) is 4.98 Å². The van der Waals surface area contributed by atoms with E-state index in [1.54, 1.807) is 26.4 Å². The molecule has 1 aromatic carbocycles. The van der Waals surface area contributed by atoms with Gasteiger partial charge in [0.25, 0.3) is 5.56 Å². The standard InChI is InChI=1S/C21H21BrF2N4O4/c1-13-27-20(32-11-14-3-4-15(23)7-18(14)24)19(22)21(29)28(13)10-16-8-26-17(9-25-16)12-31-6-5-30-2/h3-4,7-9H,5-6,10-12H2,1-2H3. The van der Waals surface area contributed by atoms with Crippen LogP contribution in [-0.2, 0) is 29.2 Å². The summed E-state index contributed by atoms with van der Waals surface area (Å²) >= 11 is 3.20. The third-order valence-corrected chi connectivity index (χ3v) is 5.09. The lowest BCUT2D eigenvalue weighted by Crippen LogP contribution is -2.26. The largest absolute Gasteiger partial charge is 0.472 e. The van der Waals surface area contributed by atoms with Gasteiger partial charge in [0, 0.05) is 18.7 Å². The second-order valence-corrected chi connectivity index (χ2v) is 7.53. The SMILES string of the molecule is COCCOCc1cnc(Cn2c(C)nc(OCc3ccc(F)cc3F)c(Br)c2=O)cn1. The van der Waals surface area contributed by atoms with Crippen LogP contribution < -0.4 is 10.3 Å². The number of nitrogens with zero attached hydrogens (tertiary/aromatic N) is 4. The fraction of sp³-hybridized carbons (Fsp3) is 0.333. The molecule has 0 N–H and O–H groups in total. The first-order valence-corrected chi connectivity index (χ1v) is 10.4. The number of halogens is 3. The van der Waals surface area contributed by atoms with Crippen LogP contribution in [0.2, 0.25) is 0 Å². The Morgan fingerprint density at radius 1 is 1.09 bits per heavy atom. The molecular formula is C21H21BrF2N4O4. The maximum atomic E-state index is 13.8. The number of hydrogen-bond donors (Lipinski definition) is 0. The third-order valence-electron chi connectivity index (χ3n) is 4.41. The van der Waals surface area contributed by atoms with Gasteiger partial charge in [-0.05, 0) is 35.0 Å². The van der Waals surface area contributed by atoms with E-state index in [4.69, 9.17) is 14.2 Å². The van der Waals surface area contributed by atoms with Gasteiger partial charge in [-0.3, -0.25) is 19.3 Å². The number of aryl methyl sites for hydroxylation is 1. The van der Waals surface area contributed by atoms with Gasteiger partial charge in [0.1, 0.15) is 28.5 Å². The van der Waals surface area contributed by atoms with E-state index in [0.717, 1.165) is 12.1 Å². The molecule has 8 nitrogen and oxygen atoms in total. The minimum Gasteiger partial charge on any atom is -0.472 e. The van der Waals surface area contributed by atoms with E-state index in [0.29, 0.717) is 37.0 Å². The molecule has 0 fully saturated rings. The highest BCUT2D eigenvalue weighted by atomic mass is 79.9. The van der Waals surface area contributed by atoms with Gasteiger partial charge < -0.3 is 14.2 Å². The summed E-state index contributed by atoms with van der Waals surface area (Å²) in [5.41, 5.74) is 0.973. The molecule has 0 spiro atoms. The number of ether oxygens (including phenoxy) is 3. The Balaban J connectivity index is 1.69. The molecule has 0 aliphatic heterocycles. The first-order chi connectivity index (χ1) is 15.4. The fourth-order valence-electron chi connectivity index (χ4n) is 2.70. The van der Waals surface area contributed by atoms with Crippen molar-refractivity contribution in [3.63, 3.8) is 0 Å². The highest BCUT2D eigenvalue weighted by molar-refractivity contribution is 9.10. The zero-order chi connectivity index (χ0) is 23.1. The molecule has 0 aliphatic carbocycles. The Morgan fingerprint density at radius 3 is 2.53 bits per heavy atom. The first kappa shape index (κ1) is 23.9. The Morgan fingerprint density at radius 2 is 1.84 bits per heavy atom. The molecule has 0 unspecified atom stereocenters. The molecule has 0 amide bonds. The van der Waals surface area contributed by atoms with Gasteiger partial charge >= 0.3 is 0 Å². The summed E-state index contributed by atoms with van der Waals surface area (Å²) in [6, 6.07) is 3.17. The first-order valence-electron chi connectivity index (χ1n) is 9.59. The molecule has 170 valence electrons. The Bertz CT molecular complexity index is 1130. The van der Waals surface area contributed by atoms with Crippen molar-refractivity contribution in [3.8, 4) is 5.88 Å². The molecule has 2 aromatic heterocycles. The van der Waals surface area contributed by atoms with Gasteiger partial charge in [-0.25, -0.2) is 8.78 Å². The van der Waals surface area contributed by atoms with Crippen molar-refractivity contribution in [1.82, 2.24) is 19.5 Å². The van der Waals surface area contributed by atoms with E-state index in [1.165, 1.54) is 10.6 Å². The van der Waals surface area contributed by atoms with Gasteiger partial charge in [0.15, 0.2) is 0 Å². The predicted octanol–water partition coefficient (Wildman–Crippen LogP) is 3.17. The molecule has 0 saturated carbocycles. The van der Waals surface area contributed by atoms with E-state index >= 15 is 0 Å². The van der Waals surface area contributed by atoms with Crippen molar-refractivity contribution >= 4 is 15.9 Å². The number of rotatable bonds is 10. The van der Waals surface area contributed by atoms with Gasteiger partial charge in [-0.1, -0.05) is 0 Å². The van der Waals surface area contributed by atoms with Crippen molar-refractivity contribution in [3.05, 3.63) is 79.8 Å². The van der Waals surface area contributed by atoms with Crippen molar-refractivity contribution in [2.75, 3.05) is 20.3 Å². The topological polar surface area (TPSA) is 88.4 Å². The molecular weight excluding hydrogens is 490 g/mol. The quantitative estimate of drug-likeness (QED) is 0.387. The normalized spacial score (nSPS) is 11.0. The number of aromatic nitrogens is 4. The lowest BCUT2D eigenvalue weighted by molar-refractivity contribution is 0.0600. The second kappa shape index (κ2) is 11.2. The van der Waals surface area contributed by atoms with E-state index in [9.17, 15) is 13.6 Å². The lowest BCUT2D eigenvalue weighted by atomic mass is 10.2. The van der Waals surface area contributed by atoms with Crippen LogP contribution in [-0.4, -0.2) is 39.8 Å². The fourth-order valence-corrected chi connectivity index (χ4v) is 3.12. The Kier molecular flexibility index (Phi) is 8.37. The third kappa shape index (κ3) is 6.15. The molecule has 11 heteroatoms. The maximum absolute atomic E-state index is 13.8. The second-order valence-electron chi connectivity index (χ2n) is 6.74. The summed E-state index contributed by atoms with van der Waals surface area (Å²) < 4.78 is 44.2. The summed E-state index contributed by atoms with van der Waals surface area (Å²) in [5, 5.41) is 0. The van der Waals surface area contributed by atoms with Gasteiger partial charge in [-0.15, -0.1) is 0 Å². The molecule has 2 heterocycles. The highest BCUT2D eigenvalue weighted by Crippen LogP contribution is 2.21. The van der Waals surface area contributed by atoms with Gasteiger partial charge in [0.2, 0.25) is 5.88 Å². The zero-order valence-electron chi connectivity index (χ0n) is 17.5. The Labute approximate surface area is 191 Å². The van der Waals surface area contributed by atoms with Crippen molar-refractivity contribution in [2.45, 2.75) is 26.7 Å². The van der Waals surface area contributed by atoms with Gasteiger partial charge in [0.05, 0.1) is 50.1 Å². The van der Waals surface area contributed by atoms with E-state index in [-0.39, 0.29) is 34.6 Å². The summed E-state index contributed by atoms with van der Waals surface area (Å²) in [4.78, 5) is 25.7. The minimum absolute atomic E-state index is 0.0158. The molecule has 0 bridgehead atoms. The van der Waals surface area contributed by atoms with E-state index < -0.39 is 11.6 Å². The molecule has 32 heavy (non-hydrogen) atoms. The summed E-state index contributed by atoms with van der Waals surface area (Å²) in [7, 11) is 1.60. The number of methoxy groups -OCH3 is 1.